The molecule has 0 radical (unpaired) electrons. The summed E-state index contributed by atoms with van der Waals surface area (Å²) < 4.78 is 0. The van der Waals surface area contributed by atoms with Gasteiger partial charge in [-0.05, 0) is 73.8 Å². The van der Waals surface area contributed by atoms with E-state index in [4.69, 9.17) is 17.2 Å². The van der Waals surface area contributed by atoms with Gasteiger partial charge in [-0.2, -0.15) is 0 Å². The molecule has 1 aliphatic heterocycles. The number of phenolic OH excluding ortho intramolecular Hbond substituents is 1. The fraction of sp³-hybridized carbons (Fsp3) is 0.559. The molecule has 2 aromatic carbocycles. The van der Waals surface area contributed by atoms with Gasteiger partial charge in [0.25, 0.3) is 0 Å². The minimum atomic E-state index is -1.82. The Kier molecular flexibility index (Phi) is 25.4. The molecule has 1 aromatic heterocycles. The standard InChI is InChI=1S/C59H85N15O14/c1-31(75)50(73-55(85)45(27-48(60)79)71-56(86)47-26-38(78)30-74(47)58(88)46(67-32(2)76)24-35-17-19-37(77)20-18-35)57(87)72-43(22-33-10-5-4-6-11-33)52(82)66-29-49(80)68-44(23-34-15-16-34)54(84)69-41(14-9-21-64-59(62)63-3)53(83)70-42(51(61)81)25-36-28-65-40-13-8-7-12-39(36)40/h7-8,12-13,17-20,28,31,33-34,38,41-47,50,65,75,77-78H,4-6,9-11,14-16,21-27,29-30H2,1-3H3,(H2,60,79)(H2,61,81)(H,66,82)(H,67,76)(H,68,80)(H,69,84)(H,70,83)(H,71,86)(H,72,87)(H,73,85)(H3,62,63,64)/t31-,38-,41+,42+,43+,44+,45+,46-,47+,50+/m1/s1. The number of likely N-dealkylation sites (tertiary alicyclic amines) is 1. The summed E-state index contributed by atoms with van der Waals surface area (Å²) in [5, 5.41) is 55.7. The number of carbonyl (C=O) groups is 11. The predicted octanol–water partition coefficient (Wildman–Crippen LogP) is -3.02. The Morgan fingerprint density at radius 1 is 0.693 bits per heavy atom. The van der Waals surface area contributed by atoms with E-state index >= 15 is 0 Å². The van der Waals surface area contributed by atoms with Crippen molar-refractivity contribution in [3.8, 4) is 5.75 Å². The van der Waals surface area contributed by atoms with Crippen molar-refractivity contribution in [3.05, 3.63) is 65.9 Å². The van der Waals surface area contributed by atoms with E-state index < -0.39 is 138 Å². The summed E-state index contributed by atoms with van der Waals surface area (Å²) in [6, 6.07) is 2.05. The number of aromatic amines is 1. The normalized spacial score (nSPS) is 18.8. The zero-order chi connectivity index (χ0) is 64.2. The van der Waals surface area contributed by atoms with Crippen molar-refractivity contribution in [1.29, 1.82) is 0 Å². The molecule has 0 unspecified atom stereocenters. The number of aliphatic imine (C=N–C) groups is 1. The lowest BCUT2D eigenvalue weighted by atomic mass is 9.84. The van der Waals surface area contributed by atoms with Crippen LogP contribution in [0, 0.1) is 11.8 Å². The second kappa shape index (κ2) is 32.8. The zero-order valence-electron chi connectivity index (χ0n) is 49.8. The molecule has 19 N–H and O–H groups in total. The molecule has 0 bridgehead atoms. The van der Waals surface area contributed by atoms with Crippen molar-refractivity contribution in [2.75, 3.05) is 26.7 Å². The Morgan fingerprint density at radius 2 is 1.32 bits per heavy atom. The van der Waals surface area contributed by atoms with Crippen LogP contribution in [-0.2, 0) is 65.6 Å². The van der Waals surface area contributed by atoms with Crippen molar-refractivity contribution in [2.45, 2.75) is 171 Å². The maximum absolute atomic E-state index is 14.2. The van der Waals surface area contributed by atoms with Crippen LogP contribution >= 0.6 is 0 Å². The number of hydrogen-bond acceptors (Lipinski definition) is 15. The molecule has 3 fully saturated rings. The fourth-order valence-electron chi connectivity index (χ4n) is 11.0. The number of nitrogens with two attached hydrogens (primary N) is 3. The van der Waals surface area contributed by atoms with Crippen LogP contribution in [0.5, 0.6) is 5.75 Å². The number of primary amides is 2. The number of aliphatic hydroxyl groups is 2. The number of amides is 11. The van der Waals surface area contributed by atoms with Crippen molar-refractivity contribution in [1.82, 2.24) is 57.7 Å². The van der Waals surface area contributed by atoms with Crippen molar-refractivity contribution in [2.24, 2.45) is 34.0 Å². The maximum Gasteiger partial charge on any atom is 0.246 e. The number of nitrogens with one attached hydrogen (secondary N) is 10. The molecule has 2 heterocycles. The molecule has 480 valence electrons. The van der Waals surface area contributed by atoms with Gasteiger partial charge in [-0.3, -0.25) is 57.7 Å². The van der Waals surface area contributed by atoms with Crippen LogP contribution in [0.2, 0.25) is 0 Å². The van der Waals surface area contributed by atoms with Crippen molar-refractivity contribution in [3.63, 3.8) is 0 Å². The number of fused-ring (bicyclic) bond motifs is 1. The average molecular weight is 1230 g/mol. The predicted molar refractivity (Wildman–Crippen MR) is 320 cm³/mol. The fourth-order valence-corrected chi connectivity index (χ4v) is 11.0. The van der Waals surface area contributed by atoms with Crippen molar-refractivity contribution < 1.29 is 68.1 Å². The molecule has 1 saturated heterocycles. The number of nitrogens with zero attached hydrogens (tertiary/aromatic N) is 2. The molecule has 0 spiro atoms. The third-order valence-electron chi connectivity index (χ3n) is 15.9. The molecule has 3 aromatic rings. The number of benzene rings is 2. The highest BCUT2D eigenvalue weighted by atomic mass is 16.3. The molecule has 6 rings (SSSR count). The second-order valence-electron chi connectivity index (χ2n) is 23.1. The van der Waals surface area contributed by atoms with Crippen LogP contribution in [0.15, 0.2) is 59.7 Å². The van der Waals surface area contributed by atoms with Gasteiger partial charge in [0.1, 0.15) is 54.1 Å². The number of para-hydroxylation sites is 1. The van der Waals surface area contributed by atoms with E-state index in [1.54, 1.807) is 6.20 Å². The highest BCUT2D eigenvalue weighted by Gasteiger charge is 2.43. The molecule has 88 heavy (non-hydrogen) atoms. The summed E-state index contributed by atoms with van der Waals surface area (Å²) >= 11 is 0. The van der Waals surface area contributed by atoms with Gasteiger partial charge in [0.2, 0.25) is 65.0 Å². The lowest BCUT2D eigenvalue weighted by molar-refractivity contribution is -0.142. The molecule has 29 nitrogen and oxygen atoms in total. The van der Waals surface area contributed by atoms with Gasteiger partial charge in [0, 0.05) is 63.4 Å². The first-order valence-electron chi connectivity index (χ1n) is 29.8. The molecule has 10 atom stereocenters. The van der Waals surface area contributed by atoms with E-state index in [2.05, 4.69) is 57.8 Å². The van der Waals surface area contributed by atoms with Gasteiger partial charge in [0.15, 0.2) is 5.96 Å². The van der Waals surface area contributed by atoms with Crippen LogP contribution in [0.4, 0.5) is 0 Å². The number of H-pyrrole nitrogens is 1. The van der Waals surface area contributed by atoms with Crippen LogP contribution in [0.25, 0.3) is 10.9 Å². The van der Waals surface area contributed by atoms with Crippen LogP contribution in [0.3, 0.4) is 0 Å². The third kappa shape index (κ3) is 20.9. The largest absolute Gasteiger partial charge is 0.508 e. The molecule has 2 saturated carbocycles. The number of aromatic nitrogens is 1. The molecule has 3 aliphatic rings. The van der Waals surface area contributed by atoms with Gasteiger partial charge < -0.3 is 90.3 Å². The highest BCUT2D eigenvalue weighted by Crippen LogP contribution is 2.34. The summed E-state index contributed by atoms with van der Waals surface area (Å²) in [4.78, 5) is 158. The molecule has 11 amide bonds. The summed E-state index contributed by atoms with van der Waals surface area (Å²) in [6.45, 7) is 1.60. The first-order valence-corrected chi connectivity index (χ1v) is 29.8. The Bertz CT molecular complexity index is 3000. The van der Waals surface area contributed by atoms with Crippen LogP contribution in [-0.4, -0.2) is 183 Å². The summed E-state index contributed by atoms with van der Waals surface area (Å²) in [6.07, 6.45) is 3.93. The number of carbonyl (C=O) groups excluding carboxylic acids is 11. The number of guanidine groups is 1. The lowest BCUT2D eigenvalue weighted by Crippen LogP contribution is -2.61. The van der Waals surface area contributed by atoms with Crippen molar-refractivity contribution >= 4 is 81.8 Å². The first kappa shape index (κ1) is 68.3. The lowest BCUT2D eigenvalue weighted by Gasteiger charge is -2.30. The van der Waals surface area contributed by atoms with E-state index in [0.29, 0.717) is 24.8 Å². The quantitative estimate of drug-likeness (QED) is 0.0168. The Hall–Kier alpha value is -8.86. The SMILES string of the molecule is CN=C(N)NCCC[C@H](NC(=O)[C@H](CC1CC1)NC(=O)CNC(=O)[C@H](CC1CCCCC1)NC(=O)[C@@H](NC(=O)[C@H](CC(N)=O)NC(=O)[C@@H]1C[C@@H](O)CN1C(=O)[C@@H](Cc1ccc(O)cc1)NC(C)=O)[C@@H](C)O)C(=O)N[C@@H](Cc1c[nH]c2ccccc12)C(N)=O. The van der Waals surface area contributed by atoms with Crippen LogP contribution < -0.4 is 65.1 Å². The van der Waals surface area contributed by atoms with E-state index in [-0.39, 0.29) is 75.2 Å². The zero-order valence-corrected chi connectivity index (χ0v) is 49.8. The number of rotatable bonds is 32. The number of β-amino-alcohol motifs (C(OH)–C–C–N with tert-alkyl or cyclic N) is 1. The summed E-state index contributed by atoms with van der Waals surface area (Å²) in [5.74, 6) is -9.36. The van der Waals surface area contributed by atoms with E-state index in [1.165, 1.54) is 45.2 Å². The number of phenols is 1. The number of aromatic hydroxyl groups is 1. The van der Waals surface area contributed by atoms with E-state index in [0.717, 1.165) is 53.5 Å². The van der Waals surface area contributed by atoms with Gasteiger partial charge in [-0.15, -0.1) is 0 Å². The van der Waals surface area contributed by atoms with E-state index in [9.17, 15) is 68.1 Å². The van der Waals surface area contributed by atoms with Gasteiger partial charge in [-0.25, -0.2) is 0 Å². The van der Waals surface area contributed by atoms with Crippen LogP contribution in [0.1, 0.15) is 108 Å². The summed E-state index contributed by atoms with van der Waals surface area (Å²) in [5.41, 5.74) is 19.2. The molecular formula is C59H85N15O14. The topological polar surface area (TPSA) is 466 Å². The Labute approximate surface area is 509 Å². The maximum atomic E-state index is 14.2. The average Bonchev–Trinajstić information content (AvgIpc) is 2.49. The van der Waals surface area contributed by atoms with Gasteiger partial charge in [0.05, 0.1) is 25.2 Å². The summed E-state index contributed by atoms with van der Waals surface area (Å²) in [7, 11) is 1.49. The molecule has 2 aliphatic carbocycles. The first-order chi connectivity index (χ1) is 41.9. The van der Waals surface area contributed by atoms with E-state index in [1.807, 2.05) is 24.3 Å². The second-order valence-corrected chi connectivity index (χ2v) is 23.1. The minimum Gasteiger partial charge on any atom is -0.508 e. The molecule has 29 heteroatoms. The Balaban J connectivity index is 1.11. The highest BCUT2D eigenvalue weighted by molar-refractivity contribution is 5.99. The van der Waals surface area contributed by atoms with Gasteiger partial charge in [-0.1, -0.05) is 75.3 Å². The minimum absolute atomic E-state index is 0.0393. The third-order valence-corrected chi connectivity index (χ3v) is 15.9. The molecular weight excluding hydrogens is 1140 g/mol. The number of hydrogen-bond donors (Lipinski definition) is 16. The smallest absolute Gasteiger partial charge is 0.246 e. The Morgan fingerprint density at radius 3 is 1.95 bits per heavy atom. The van der Waals surface area contributed by atoms with Gasteiger partial charge >= 0.3 is 0 Å². The monoisotopic (exact) mass is 1230 g/mol. The number of aliphatic hydroxyl groups excluding tert-OH is 2.